The van der Waals surface area contributed by atoms with E-state index in [1.807, 2.05) is 13.0 Å². The van der Waals surface area contributed by atoms with Gasteiger partial charge in [0, 0.05) is 23.6 Å². The molecule has 0 N–H and O–H groups in total. The average Bonchev–Trinajstić information content (AvgIpc) is 2.76. The van der Waals surface area contributed by atoms with Crippen molar-refractivity contribution < 1.29 is 0 Å². The Hall–Kier alpha value is -1.00. The van der Waals surface area contributed by atoms with Gasteiger partial charge in [0.25, 0.3) is 0 Å². The molecular weight excluding hydrogens is 278 g/mol. The molecule has 102 valence electrons. The maximum Gasteiger partial charge on any atom is 0.133 e. The molecule has 0 unspecified atom stereocenters. The lowest BCUT2D eigenvalue weighted by Crippen LogP contribution is -2.11. The molecule has 2 aromatic heterocycles. The molecule has 5 heteroatoms. The molecule has 0 fully saturated rings. The van der Waals surface area contributed by atoms with E-state index in [2.05, 4.69) is 41.1 Å². The van der Waals surface area contributed by atoms with E-state index < -0.39 is 0 Å². The Morgan fingerprint density at radius 3 is 2.53 bits per heavy atom. The van der Waals surface area contributed by atoms with Crippen molar-refractivity contribution in [1.82, 2.24) is 15.0 Å². The van der Waals surface area contributed by atoms with E-state index in [-0.39, 0.29) is 5.41 Å². The summed E-state index contributed by atoms with van der Waals surface area (Å²) in [5.74, 6) is 0.787. The molecule has 2 aromatic rings. The lowest BCUT2D eigenvalue weighted by atomic mass is 9.93. The Kier molecular flexibility index (Phi) is 4.21. The molecule has 0 spiro atoms. The Bertz CT molecular complexity index is 572. The van der Waals surface area contributed by atoms with Gasteiger partial charge in [-0.05, 0) is 6.07 Å². The molecule has 0 aromatic carbocycles. The molecule has 19 heavy (non-hydrogen) atoms. The van der Waals surface area contributed by atoms with E-state index in [4.69, 9.17) is 11.6 Å². The Labute approximate surface area is 123 Å². The molecule has 0 saturated heterocycles. The van der Waals surface area contributed by atoms with E-state index in [1.54, 1.807) is 11.3 Å². The first kappa shape index (κ1) is 14.4. The monoisotopic (exact) mass is 295 g/mol. The van der Waals surface area contributed by atoms with Gasteiger partial charge in [-0.3, -0.25) is 0 Å². The predicted octanol–water partition coefficient (Wildman–Crippen LogP) is 4.04. The molecule has 3 nitrogen and oxygen atoms in total. The van der Waals surface area contributed by atoms with Crippen LogP contribution in [0.2, 0.25) is 5.15 Å². The van der Waals surface area contributed by atoms with E-state index >= 15 is 0 Å². The number of halogens is 1. The van der Waals surface area contributed by atoms with Gasteiger partial charge >= 0.3 is 0 Å². The SMILES string of the molecule is CCc1nc(Cl)cc(Cc2nc(C(C)(C)C)cs2)n1. The number of hydrogen-bond donors (Lipinski definition) is 0. The van der Waals surface area contributed by atoms with Crippen LogP contribution >= 0.6 is 22.9 Å². The van der Waals surface area contributed by atoms with Crippen LogP contribution in [0.25, 0.3) is 0 Å². The lowest BCUT2D eigenvalue weighted by Gasteiger charge is -2.14. The van der Waals surface area contributed by atoms with Gasteiger partial charge in [0.05, 0.1) is 16.4 Å². The largest absolute Gasteiger partial charge is 0.245 e. The molecule has 0 aliphatic carbocycles. The van der Waals surface area contributed by atoms with Gasteiger partial charge in [-0.25, -0.2) is 15.0 Å². The molecular formula is C14H18ClN3S. The highest BCUT2D eigenvalue weighted by Crippen LogP contribution is 2.25. The fraction of sp³-hybridized carbons (Fsp3) is 0.500. The highest BCUT2D eigenvalue weighted by Gasteiger charge is 2.17. The van der Waals surface area contributed by atoms with Gasteiger partial charge in [-0.2, -0.15) is 0 Å². The number of rotatable bonds is 3. The van der Waals surface area contributed by atoms with Crippen molar-refractivity contribution in [2.45, 2.75) is 46.0 Å². The van der Waals surface area contributed by atoms with Crippen LogP contribution < -0.4 is 0 Å². The molecule has 0 aliphatic rings. The average molecular weight is 296 g/mol. The number of nitrogens with zero attached hydrogens (tertiary/aromatic N) is 3. The van der Waals surface area contributed by atoms with Crippen molar-refractivity contribution in [3.63, 3.8) is 0 Å². The molecule has 0 atom stereocenters. The van der Waals surface area contributed by atoms with Crippen molar-refractivity contribution in [3.05, 3.63) is 38.8 Å². The second-order valence-electron chi connectivity index (χ2n) is 5.51. The fourth-order valence-corrected chi connectivity index (χ4v) is 2.92. The topological polar surface area (TPSA) is 38.7 Å². The zero-order valence-electron chi connectivity index (χ0n) is 11.7. The summed E-state index contributed by atoms with van der Waals surface area (Å²) in [6.45, 7) is 8.53. The number of aromatic nitrogens is 3. The van der Waals surface area contributed by atoms with Gasteiger partial charge in [0.1, 0.15) is 11.0 Å². The summed E-state index contributed by atoms with van der Waals surface area (Å²) in [6, 6.07) is 1.82. The first-order valence-electron chi connectivity index (χ1n) is 6.35. The maximum absolute atomic E-state index is 6.00. The van der Waals surface area contributed by atoms with Crippen LogP contribution in [0.3, 0.4) is 0 Å². The van der Waals surface area contributed by atoms with Gasteiger partial charge in [-0.15, -0.1) is 11.3 Å². The third kappa shape index (κ3) is 3.74. The first-order chi connectivity index (χ1) is 8.88. The van der Waals surface area contributed by atoms with Crippen LogP contribution in [0, 0.1) is 0 Å². The fourth-order valence-electron chi connectivity index (χ4n) is 1.66. The molecule has 0 aliphatic heterocycles. The first-order valence-corrected chi connectivity index (χ1v) is 7.61. The minimum absolute atomic E-state index is 0.0899. The summed E-state index contributed by atoms with van der Waals surface area (Å²) in [6.07, 6.45) is 1.51. The zero-order chi connectivity index (χ0) is 14.0. The third-order valence-corrected chi connectivity index (χ3v) is 3.81. The minimum Gasteiger partial charge on any atom is -0.245 e. The zero-order valence-corrected chi connectivity index (χ0v) is 13.3. The summed E-state index contributed by atoms with van der Waals surface area (Å²) in [7, 11) is 0. The highest BCUT2D eigenvalue weighted by atomic mass is 35.5. The molecule has 0 bridgehead atoms. The van der Waals surface area contributed by atoms with Crippen LogP contribution in [0.15, 0.2) is 11.4 Å². The second kappa shape index (κ2) is 5.55. The van der Waals surface area contributed by atoms with Crippen molar-refractivity contribution in [2.24, 2.45) is 0 Å². The summed E-state index contributed by atoms with van der Waals surface area (Å²) >= 11 is 7.68. The van der Waals surface area contributed by atoms with Gasteiger partial charge < -0.3 is 0 Å². The third-order valence-electron chi connectivity index (χ3n) is 2.76. The predicted molar refractivity (Wildman–Crippen MR) is 80.0 cm³/mol. The second-order valence-corrected chi connectivity index (χ2v) is 6.83. The summed E-state index contributed by atoms with van der Waals surface area (Å²) in [5.41, 5.74) is 2.15. The smallest absolute Gasteiger partial charge is 0.133 e. The van der Waals surface area contributed by atoms with Gasteiger partial charge in [0.2, 0.25) is 0 Å². The minimum atomic E-state index is 0.0899. The summed E-state index contributed by atoms with van der Waals surface area (Å²) in [4.78, 5) is 13.3. The molecule has 2 rings (SSSR count). The molecule has 0 saturated carbocycles. The van der Waals surface area contributed by atoms with Crippen molar-refractivity contribution in [1.29, 1.82) is 0 Å². The van der Waals surface area contributed by atoms with Crippen molar-refractivity contribution in [3.8, 4) is 0 Å². The van der Waals surface area contributed by atoms with Crippen LogP contribution in [0.1, 0.15) is 49.9 Å². The van der Waals surface area contributed by atoms with E-state index in [0.29, 0.717) is 5.15 Å². The summed E-state index contributed by atoms with van der Waals surface area (Å²) in [5, 5.41) is 3.70. The normalized spacial score (nSPS) is 11.8. The standard InChI is InChI=1S/C14H18ClN3S/c1-5-12-16-9(6-11(15)18-12)7-13-17-10(8-19-13)14(2,3)4/h6,8H,5,7H2,1-4H3. The summed E-state index contributed by atoms with van der Waals surface area (Å²) < 4.78 is 0. The van der Waals surface area contributed by atoms with Crippen LogP contribution in [-0.2, 0) is 18.3 Å². The lowest BCUT2D eigenvalue weighted by molar-refractivity contribution is 0.571. The van der Waals surface area contributed by atoms with Crippen LogP contribution in [0.4, 0.5) is 0 Å². The highest BCUT2D eigenvalue weighted by molar-refractivity contribution is 7.09. The van der Waals surface area contributed by atoms with Crippen LogP contribution in [-0.4, -0.2) is 15.0 Å². The quantitative estimate of drug-likeness (QED) is 0.802. The van der Waals surface area contributed by atoms with Gasteiger partial charge in [0.15, 0.2) is 0 Å². The molecule has 0 radical (unpaired) electrons. The Morgan fingerprint density at radius 2 is 1.95 bits per heavy atom. The van der Waals surface area contributed by atoms with Crippen molar-refractivity contribution in [2.75, 3.05) is 0 Å². The van der Waals surface area contributed by atoms with E-state index in [1.165, 1.54) is 0 Å². The number of hydrogen-bond acceptors (Lipinski definition) is 4. The van der Waals surface area contributed by atoms with E-state index in [0.717, 1.165) is 35.1 Å². The van der Waals surface area contributed by atoms with Gasteiger partial charge in [-0.1, -0.05) is 39.3 Å². The van der Waals surface area contributed by atoms with Crippen LogP contribution in [0.5, 0.6) is 0 Å². The number of thiazole rings is 1. The Balaban J connectivity index is 2.21. The molecule has 2 heterocycles. The van der Waals surface area contributed by atoms with E-state index in [9.17, 15) is 0 Å². The molecule has 0 amide bonds. The Morgan fingerprint density at radius 1 is 1.21 bits per heavy atom. The van der Waals surface area contributed by atoms with Crippen molar-refractivity contribution >= 4 is 22.9 Å². The maximum atomic E-state index is 6.00. The number of aryl methyl sites for hydroxylation is 1.